The van der Waals surface area contributed by atoms with Gasteiger partial charge in [-0.3, -0.25) is 9.78 Å². The lowest BCUT2D eigenvalue weighted by molar-refractivity contribution is 0.0783. The molecule has 0 N–H and O–H groups in total. The summed E-state index contributed by atoms with van der Waals surface area (Å²) in [7, 11) is 1.78. The van der Waals surface area contributed by atoms with E-state index in [2.05, 4.69) is 28.8 Å². The minimum absolute atomic E-state index is 0.0885. The second-order valence-corrected chi connectivity index (χ2v) is 6.75. The highest BCUT2D eigenvalue weighted by atomic mass is 16.2. The summed E-state index contributed by atoms with van der Waals surface area (Å²) in [6, 6.07) is 6.10. The van der Waals surface area contributed by atoms with Crippen LogP contribution in [0.3, 0.4) is 0 Å². The first-order valence-corrected chi connectivity index (χ1v) is 8.37. The van der Waals surface area contributed by atoms with Crippen molar-refractivity contribution in [2.45, 2.75) is 40.3 Å². The molecule has 0 bridgehead atoms. The Kier molecular flexibility index (Phi) is 4.53. The summed E-state index contributed by atoms with van der Waals surface area (Å²) in [5, 5.41) is 0. The smallest absolute Gasteiger partial charge is 0.255 e. The first-order chi connectivity index (χ1) is 11.8. The number of carbonyl (C=O) groups excluding carboxylic acids is 1. The summed E-state index contributed by atoms with van der Waals surface area (Å²) in [5.41, 5.74) is 5.05. The molecule has 1 amide bonds. The quantitative estimate of drug-likeness (QED) is 0.733. The van der Waals surface area contributed by atoms with Gasteiger partial charge in [-0.15, -0.1) is 0 Å². The first-order valence-electron chi connectivity index (χ1n) is 8.37. The van der Waals surface area contributed by atoms with E-state index in [-0.39, 0.29) is 11.9 Å². The molecule has 0 fully saturated rings. The molecule has 0 aromatic carbocycles. The van der Waals surface area contributed by atoms with Gasteiger partial charge >= 0.3 is 0 Å². The van der Waals surface area contributed by atoms with Crippen LogP contribution < -0.4 is 0 Å². The number of pyridine rings is 2. The predicted molar refractivity (Wildman–Crippen MR) is 97.4 cm³/mol. The average molecular weight is 337 g/mol. The van der Waals surface area contributed by atoms with E-state index in [1.807, 2.05) is 30.5 Å². The average Bonchev–Trinajstić information content (AvgIpc) is 2.96. The van der Waals surface area contributed by atoms with Gasteiger partial charge in [0.15, 0.2) is 5.65 Å². The molecular formula is C19H23N5O. The summed E-state index contributed by atoms with van der Waals surface area (Å²) >= 11 is 0. The molecule has 25 heavy (non-hydrogen) atoms. The standard InChI is InChI=1S/C19H23N5O/c1-12(2)24-11-21-17-8-15(9-20-18(17)24)19(25)23(5)10-16-7-13(3)6-14(4)22-16/h6-9,11-12H,10H2,1-5H3. The van der Waals surface area contributed by atoms with Crippen molar-refractivity contribution in [2.24, 2.45) is 0 Å². The maximum absolute atomic E-state index is 12.7. The second kappa shape index (κ2) is 6.63. The third kappa shape index (κ3) is 3.52. The maximum atomic E-state index is 12.7. The van der Waals surface area contributed by atoms with Crippen molar-refractivity contribution in [1.29, 1.82) is 0 Å². The zero-order valence-corrected chi connectivity index (χ0v) is 15.3. The van der Waals surface area contributed by atoms with E-state index < -0.39 is 0 Å². The molecule has 0 aliphatic carbocycles. The number of fused-ring (bicyclic) bond motifs is 1. The fourth-order valence-electron chi connectivity index (χ4n) is 2.96. The Bertz CT molecular complexity index is 908. The molecule has 6 heteroatoms. The molecule has 3 aromatic rings. The van der Waals surface area contributed by atoms with Crippen LogP contribution in [0.2, 0.25) is 0 Å². The van der Waals surface area contributed by atoms with Crippen molar-refractivity contribution in [1.82, 2.24) is 24.4 Å². The summed E-state index contributed by atoms with van der Waals surface area (Å²) in [6.45, 7) is 8.60. The Hall–Kier alpha value is -2.76. The number of hydrogen-bond acceptors (Lipinski definition) is 4. The molecule has 3 heterocycles. The lowest BCUT2D eigenvalue weighted by Crippen LogP contribution is -2.27. The zero-order valence-electron chi connectivity index (χ0n) is 15.3. The fraction of sp³-hybridized carbons (Fsp3) is 0.368. The Balaban J connectivity index is 1.83. The maximum Gasteiger partial charge on any atom is 0.255 e. The topological polar surface area (TPSA) is 63.9 Å². The number of aromatic nitrogens is 4. The van der Waals surface area contributed by atoms with Crippen LogP contribution >= 0.6 is 0 Å². The monoisotopic (exact) mass is 337 g/mol. The second-order valence-electron chi connectivity index (χ2n) is 6.75. The Morgan fingerprint density at radius 3 is 2.64 bits per heavy atom. The molecule has 3 aromatic heterocycles. The van der Waals surface area contributed by atoms with Crippen molar-refractivity contribution in [3.8, 4) is 0 Å². The number of imidazole rings is 1. The van der Waals surface area contributed by atoms with Gasteiger partial charge in [-0.2, -0.15) is 0 Å². The van der Waals surface area contributed by atoms with Crippen LogP contribution in [0, 0.1) is 13.8 Å². The minimum atomic E-state index is -0.0885. The van der Waals surface area contributed by atoms with E-state index in [0.29, 0.717) is 12.1 Å². The van der Waals surface area contributed by atoms with E-state index >= 15 is 0 Å². The number of aryl methyl sites for hydroxylation is 2. The molecule has 0 atom stereocenters. The van der Waals surface area contributed by atoms with Gasteiger partial charge in [-0.25, -0.2) is 9.97 Å². The van der Waals surface area contributed by atoms with Gasteiger partial charge in [0.25, 0.3) is 5.91 Å². The fourth-order valence-corrected chi connectivity index (χ4v) is 2.96. The molecular weight excluding hydrogens is 314 g/mol. The van der Waals surface area contributed by atoms with Gasteiger partial charge in [-0.1, -0.05) is 0 Å². The number of nitrogens with zero attached hydrogens (tertiary/aromatic N) is 5. The molecule has 0 unspecified atom stereocenters. The minimum Gasteiger partial charge on any atom is -0.336 e. The summed E-state index contributed by atoms with van der Waals surface area (Å²) < 4.78 is 1.99. The molecule has 6 nitrogen and oxygen atoms in total. The van der Waals surface area contributed by atoms with Crippen LogP contribution in [-0.4, -0.2) is 37.4 Å². The van der Waals surface area contributed by atoms with Gasteiger partial charge in [0, 0.05) is 25.0 Å². The molecule has 0 saturated carbocycles. The summed E-state index contributed by atoms with van der Waals surface area (Å²) in [5.74, 6) is -0.0885. The van der Waals surface area contributed by atoms with E-state index in [9.17, 15) is 4.79 Å². The molecule has 0 radical (unpaired) electrons. The summed E-state index contributed by atoms with van der Waals surface area (Å²) in [6.07, 6.45) is 3.39. The van der Waals surface area contributed by atoms with E-state index in [0.717, 1.165) is 28.1 Å². The lowest BCUT2D eigenvalue weighted by Gasteiger charge is -2.17. The molecule has 130 valence electrons. The molecule has 0 spiro atoms. The van der Waals surface area contributed by atoms with Crippen molar-refractivity contribution in [2.75, 3.05) is 7.05 Å². The lowest BCUT2D eigenvalue weighted by atomic mass is 10.2. The highest BCUT2D eigenvalue weighted by Crippen LogP contribution is 2.17. The SMILES string of the molecule is Cc1cc(C)nc(CN(C)C(=O)c2cnc3c(c2)ncn3C(C)C)c1. The van der Waals surface area contributed by atoms with Crippen LogP contribution in [0.5, 0.6) is 0 Å². The first kappa shape index (κ1) is 17.1. The van der Waals surface area contributed by atoms with Crippen LogP contribution in [-0.2, 0) is 6.54 Å². The van der Waals surface area contributed by atoms with Crippen molar-refractivity contribution < 1.29 is 4.79 Å². The van der Waals surface area contributed by atoms with Gasteiger partial charge in [0.05, 0.1) is 24.1 Å². The van der Waals surface area contributed by atoms with Gasteiger partial charge < -0.3 is 9.47 Å². The molecule has 3 rings (SSSR count). The van der Waals surface area contributed by atoms with Gasteiger partial charge in [-0.05, 0) is 51.5 Å². The van der Waals surface area contributed by atoms with E-state index in [1.165, 1.54) is 0 Å². The largest absolute Gasteiger partial charge is 0.336 e. The highest BCUT2D eigenvalue weighted by molar-refractivity contribution is 5.96. The molecule has 0 aliphatic rings. The van der Waals surface area contributed by atoms with Crippen molar-refractivity contribution >= 4 is 17.1 Å². The molecule has 0 aliphatic heterocycles. The van der Waals surface area contributed by atoms with Gasteiger partial charge in [0.2, 0.25) is 0 Å². The van der Waals surface area contributed by atoms with Crippen molar-refractivity contribution in [3.63, 3.8) is 0 Å². The number of rotatable bonds is 4. The Morgan fingerprint density at radius 1 is 1.20 bits per heavy atom. The summed E-state index contributed by atoms with van der Waals surface area (Å²) in [4.78, 5) is 27.7. The molecule has 0 saturated heterocycles. The van der Waals surface area contributed by atoms with Crippen LogP contribution in [0.1, 0.15) is 47.2 Å². The predicted octanol–water partition coefficient (Wildman–Crippen LogP) is 3.30. The van der Waals surface area contributed by atoms with E-state index in [4.69, 9.17) is 0 Å². The van der Waals surface area contributed by atoms with Crippen LogP contribution in [0.4, 0.5) is 0 Å². The Morgan fingerprint density at radius 2 is 1.96 bits per heavy atom. The number of hydrogen-bond donors (Lipinski definition) is 0. The van der Waals surface area contributed by atoms with Crippen LogP contribution in [0.25, 0.3) is 11.2 Å². The van der Waals surface area contributed by atoms with Gasteiger partial charge in [0.1, 0.15) is 5.52 Å². The normalized spacial score (nSPS) is 11.3. The third-order valence-corrected chi connectivity index (χ3v) is 4.11. The zero-order chi connectivity index (χ0) is 18.1. The number of carbonyl (C=O) groups is 1. The van der Waals surface area contributed by atoms with Crippen molar-refractivity contribution in [3.05, 3.63) is 53.2 Å². The Labute approximate surface area is 147 Å². The van der Waals surface area contributed by atoms with Crippen LogP contribution in [0.15, 0.2) is 30.7 Å². The number of amides is 1. The highest BCUT2D eigenvalue weighted by Gasteiger charge is 2.16. The third-order valence-electron chi connectivity index (χ3n) is 4.11. The van der Waals surface area contributed by atoms with E-state index in [1.54, 1.807) is 30.5 Å².